The molecule has 0 fully saturated rings. The van der Waals surface area contributed by atoms with E-state index < -0.39 is 10.0 Å². The van der Waals surface area contributed by atoms with Gasteiger partial charge < -0.3 is 5.32 Å². The van der Waals surface area contributed by atoms with Crippen molar-refractivity contribution in [1.82, 2.24) is 4.98 Å². The van der Waals surface area contributed by atoms with E-state index in [0.29, 0.717) is 22.4 Å². The Morgan fingerprint density at radius 1 is 1.14 bits per heavy atom. The number of hydrogen-bond donors (Lipinski definition) is 2. The molecule has 0 bridgehead atoms. The number of rotatable bonds is 6. The van der Waals surface area contributed by atoms with Gasteiger partial charge in [-0.2, -0.15) is 0 Å². The zero-order valence-corrected chi connectivity index (χ0v) is 13.9. The predicted molar refractivity (Wildman–Crippen MR) is 89.8 cm³/mol. The third-order valence-corrected chi connectivity index (χ3v) is 4.48. The molecule has 1 heterocycles. The smallest absolute Gasteiger partial charge is 0.261 e. The lowest BCUT2D eigenvalue weighted by atomic mass is 10.2. The van der Waals surface area contributed by atoms with Crippen molar-refractivity contribution in [2.24, 2.45) is 5.92 Å². The summed E-state index contributed by atoms with van der Waals surface area (Å²) in [4.78, 5) is 4.34. The van der Waals surface area contributed by atoms with Crippen LogP contribution in [0.5, 0.6) is 0 Å². The fraction of sp³-hybridized carbons (Fsp3) is 0.267. The predicted octanol–water partition coefficient (Wildman–Crippen LogP) is 3.60. The van der Waals surface area contributed by atoms with Gasteiger partial charge in [0.1, 0.15) is 5.82 Å². The van der Waals surface area contributed by atoms with Crippen molar-refractivity contribution in [3.05, 3.63) is 47.6 Å². The number of pyridine rings is 1. The second kappa shape index (κ2) is 6.98. The summed E-state index contributed by atoms with van der Waals surface area (Å²) in [6.45, 7) is 5.01. The summed E-state index contributed by atoms with van der Waals surface area (Å²) in [6.07, 6.45) is 1.48. The lowest BCUT2D eigenvalue weighted by Gasteiger charge is -2.10. The third kappa shape index (κ3) is 4.61. The van der Waals surface area contributed by atoms with Crippen molar-refractivity contribution >= 4 is 33.1 Å². The van der Waals surface area contributed by atoms with Crippen molar-refractivity contribution in [1.29, 1.82) is 0 Å². The fourth-order valence-electron chi connectivity index (χ4n) is 1.70. The van der Waals surface area contributed by atoms with Crippen LogP contribution in [-0.2, 0) is 10.0 Å². The van der Waals surface area contributed by atoms with Crippen LogP contribution < -0.4 is 10.0 Å². The van der Waals surface area contributed by atoms with Gasteiger partial charge in [-0.1, -0.05) is 25.4 Å². The van der Waals surface area contributed by atoms with Crippen molar-refractivity contribution in [2.75, 3.05) is 16.6 Å². The van der Waals surface area contributed by atoms with Crippen LogP contribution in [0.2, 0.25) is 5.02 Å². The van der Waals surface area contributed by atoms with Gasteiger partial charge in [0.05, 0.1) is 16.8 Å². The highest BCUT2D eigenvalue weighted by molar-refractivity contribution is 7.92. The number of aromatic nitrogens is 1. The summed E-state index contributed by atoms with van der Waals surface area (Å²) in [5.41, 5.74) is 0.407. The summed E-state index contributed by atoms with van der Waals surface area (Å²) in [7, 11) is -3.64. The van der Waals surface area contributed by atoms with Crippen LogP contribution in [0, 0.1) is 5.92 Å². The maximum Gasteiger partial charge on any atom is 0.261 e. The first kappa shape index (κ1) is 16.6. The Kier molecular flexibility index (Phi) is 5.26. The minimum absolute atomic E-state index is 0.152. The molecule has 0 spiro atoms. The molecule has 22 heavy (non-hydrogen) atoms. The number of nitrogens with zero attached hydrogens (tertiary/aromatic N) is 1. The van der Waals surface area contributed by atoms with Crippen LogP contribution >= 0.6 is 11.6 Å². The molecule has 0 aliphatic carbocycles. The van der Waals surface area contributed by atoms with Crippen molar-refractivity contribution in [3.8, 4) is 0 Å². The zero-order valence-electron chi connectivity index (χ0n) is 12.4. The fourth-order valence-corrected chi connectivity index (χ4v) is 2.86. The SMILES string of the molecule is CC(C)CNc1ccc(NS(=O)(=O)c2ccc(Cl)cc2)cn1. The number of anilines is 2. The first-order valence-corrected chi connectivity index (χ1v) is 8.71. The van der Waals surface area contributed by atoms with Crippen LogP contribution in [0.3, 0.4) is 0 Å². The van der Waals surface area contributed by atoms with E-state index in [9.17, 15) is 8.42 Å². The van der Waals surface area contributed by atoms with Crippen LogP contribution in [0.15, 0.2) is 47.5 Å². The normalized spacial score (nSPS) is 11.5. The molecule has 0 unspecified atom stereocenters. The van der Waals surface area contributed by atoms with Crippen molar-refractivity contribution < 1.29 is 8.42 Å². The quantitative estimate of drug-likeness (QED) is 0.843. The highest BCUT2D eigenvalue weighted by Crippen LogP contribution is 2.18. The van der Waals surface area contributed by atoms with E-state index in [1.807, 2.05) is 0 Å². The molecule has 0 atom stereocenters. The highest BCUT2D eigenvalue weighted by atomic mass is 35.5. The van der Waals surface area contributed by atoms with Crippen LogP contribution in [-0.4, -0.2) is 19.9 Å². The molecular formula is C15H18ClN3O2S. The lowest BCUT2D eigenvalue weighted by molar-refractivity contribution is 0.601. The molecule has 1 aromatic heterocycles. The Balaban J connectivity index is 2.08. The second-order valence-electron chi connectivity index (χ2n) is 5.27. The molecule has 2 rings (SSSR count). The molecular weight excluding hydrogens is 322 g/mol. The average Bonchev–Trinajstić information content (AvgIpc) is 2.46. The molecule has 2 N–H and O–H groups in total. The number of hydrogen-bond acceptors (Lipinski definition) is 4. The van der Waals surface area contributed by atoms with Crippen molar-refractivity contribution in [2.45, 2.75) is 18.7 Å². The Hall–Kier alpha value is -1.79. The maximum absolute atomic E-state index is 12.2. The Labute approximate surface area is 135 Å². The van der Waals surface area contributed by atoms with Gasteiger partial charge in [0.15, 0.2) is 0 Å². The molecule has 5 nitrogen and oxygen atoms in total. The molecule has 0 amide bonds. The first-order chi connectivity index (χ1) is 10.4. The van der Waals surface area contributed by atoms with Crippen molar-refractivity contribution in [3.63, 3.8) is 0 Å². The Morgan fingerprint density at radius 2 is 1.82 bits per heavy atom. The maximum atomic E-state index is 12.2. The number of benzene rings is 1. The molecule has 1 aromatic carbocycles. The lowest BCUT2D eigenvalue weighted by Crippen LogP contribution is -2.13. The standard InChI is InChI=1S/C15H18ClN3O2S/c1-11(2)9-17-15-8-5-13(10-18-15)19-22(20,21)14-6-3-12(16)4-7-14/h3-8,10-11,19H,9H2,1-2H3,(H,17,18). The van der Waals surface area contributed by atoms with E-state index in [0.717, 1.165) is 6.54 Å². The summed E-state index contributed by atoms with van der Waals surface area (Å²) >= 11 is 5.76. The van der Waals surface area contributed by atoms with Gasteiger partial charge in [-0.3, -0.25) is 4.72 Å². The summed E-state index contributed by atoms with van der Waals surface area (Å²) in [5, 5.41) is 3.66. The van der Waals surface area contributed by atoms with E-state index in [-0.39, 0.29) is 4.90 Å². The van der Waals surface area contributed by atoms with Gasteiger partial charge in [-0.05, 0) is 42.3 Å². The van der Waals surface area contributed by atoms with Gasteiger partial charge in [-0.25, -0.2) is 13.4 Å². The van der Waals surface area contributed by atoms with E-state index in [1.54, 1.807) is 12.1 Å². The Bertz CT molecular complexity index is 713. The molecule has 0 saturated carbocycles. The van der Waals surface area contributed by atoms with E-state index in [1.165, 1.54) is 30.5 Å². The minimum atomic E-state index is -3.64. The third-order valence-electron chi connectivity index (χ3n) is 2.83. The van der Waals surface area contributed by atoms with Gasteiger partial charge in [0.2, 0.25) is 0 Å². The average molecular weight is 340 g/mol. The molecule has 0 radical (unpaired) electrons. The molecule has 118 valence electrons. The van der Waals surface area contributed by atoms with Gasteiger partial charge in [0.25, 0.3) is 10.0 Å². The minimum Gasteiger partial charge on any atom is -0.370 e. The van der Waals surface area contributed by atoms with E-state index >= 15 is 0 Å². The van der Waals surface area contributed by atoms with Crippen LogP contribution in [0.25, 0.3) is 0 Å². The summed E-state index contributed by atoms with van der Waals surface area (Å²) < 4.78 is 26.9. The zero-order chi connectivity index (χ0) is 16.2. The highest BCUT2D eigenvalue weighted by Gasteiger charge is 2.14. The molecule has 0 aliphatic heterocycles. The van der Waals surface area contributed by atoms with E-state index in [2.05, 4.69) is 28.9 Å². The monoisotopic (exact) mass is 339 g/mol. The topological polar surface area (TPSA) is 71.1 Å². The van der Waals surface area contributed by atoms with Gasteiger partial charge in [-0.15, -0.1) is 0 Å². The summed E-state index contributed by atoms with van der Waals surface area (Å²) in [5.74, 6) is 1.22. The first-order valence-electron chi connectivity index (χ1n) is 6.85. The number of nitrogens with one attached hydrogen (secondary N) is 2. The molecule has 7 heteroatoms. The van der Waals surface area contributed by atoms with Crippen LogP contribution in [0.1, 0.15) is 13.8 Å². The van der Waals surface area contributed by atoms with Gasteiger partial charge in [0, 0.05) is 11.6 Å². The van der Waals surface area contributed by atoms with Gasteiger partial charge >= 0.3 is 0 Å². The molecule has 0 aliphatic rings. The number of sulfonamides is 1. The largest absolute Gasteiger partial charge is 0.370 e. The number of halogens is 1. The van der Waals surface area contributed by atoms with E-state index in [4.69, 9.17) is 11.6 Å². The Morgan fingerprint density at radius 3 is 2.36 bits per heavy atom. The van der Waals surface area contributed by atoms with Crippen LogP contribution in [0.4, 0.5) is 11.5 Å². The summed E-state index contributed by atoms with van der Waals surface area (Å²) in [6, 6.07) is 9.39. The molecule has 0 saturated heterocycles. The second-order valence-corrected chi connectivity index (χ2v) is 7.39. The molecule has 2 aromatic rings.